The SMILES string of the molecule is Cc1ccc(NC(=O)C(=O)NCC(c2ccc(N(C)C)cc2)N2CCN(C)CC2)c(C)c1. The van der Waals surface area contributed by atoms with Gasteiger partial charge in [0, 0.05) is 58.2 Å². The third kappa shape index (κ3) is 6.08. The van der Waals surface area contributed by atoms with Crippen molar-refractivity contribution in [3.8, 4) is 0 Å². The van der Waals surface area contributed by atoms with Crippen molar-refractivity contribution in [1.29, 1.82) is 0 Å². The van der Waals surface area contributed by atoms with Gasteiger partial charge in [-0.25, -0.2) is 0 Å². The largest absolute Gasteiger partial charge is 0.378 e. The minimum absolute atomic E-state index is 0.0118. The van der Waals surface area contributed by atoms with Gasteiger partial charge in [0.05, 0.1) is 6.04 Å². The molecule has 7 heteroatoms. The number of amides is 2. The van der Waals surface area contributed by atoms with E-state index in [4.69, 9.17) is 0 Å². The number of carbonyl (C=O) groups excluding carboxylic acids is 2. The van der Waals surface area contributed by atoms with Crippen LogP contribution in [0, 0.1) is 13.8 Å². The normalized spacial score (nSPS) is 15.8. The summed E-state index contributed by atoms with van der Waals surface area (Å²) in [6.45, 7) is 8.09. The second kappa shape index (κ2) is 10.6. The Morgan fingerprint density at radius 2 is 1.62 bits per heavy atom. The topological polar surface area (TPSA) is 67.9 Å². The average Bonchev–Trinajstić information content (AvgIpc) is 2.77. The molecular weight excluding hydrogens is 402 g/mol. The second-order valence-corrected chi connectivity index (χ2v) is 8.82. The van der Waals surface area contributed by atoms with Gasteiger partial charge >= 0.3 is 11.8 Å². The maximum atomic E-state index is 12.6. The van der Waals surface area contributed by atoms with E-state index in [9.17, 15) is 9.59 Å². The van der Waals surface area contributed by atoms with Gasteiger partial charge in [0.2, 0.25) is 0 Å². The number of piperazine rings is 1. The van der Waals surface area contributed by atoms with E-state index in [-0.39, 0.29) is 6.04 Å². The van der Waals surface area contributed by atoms with Gasteiger partial charge in [-0.05, 0) is 50.2 Å². The summed E-state index contributed by atoms with van der Waals surface area (Å²) in [4.78, 5) is 31.8. The molecule has 1 fully saturated rings. The average molecular weight is 438 g/mol. The second-order valence-electron chi connectivity index (χ2n) is 8.82. The summed E-state index contributed by atoms with van der Waals surface area (Å²) < 4.78 is 0. The molecular formula is C25H35N5O2. The predicted octanol–water partition coefficient (Wildman–Crippen LogP) is 2.41. The smallest absolute Gasteiger partial charge is 0.313 e. The molecule has 3 rings (SSSR count). The van der Waals surface area contributed by atoms with E-state index in [0.29, 0.717) is 12.2 Å². The van der Waals surface area contributed by atoms with Crippen molar-refractivity contribution in [2.24, 2.45) is 0 Å². The van der Waals surface area contributed by atoms with E-state index < -0.39 is 11.8 Å². The van der Waals surface area contributed by atoms with Crippen LogP contribution in [0.4, 0.5) is 11.4 Å². The van der Waals surface area contributed by atoms with Crippen molar-refractivity contribution in [3.05, 3.63) is 59.2 Å². The van der Waals surface area contributed by atoms with Crippen molar-refractivity contribution < 1.29 is 9.59 Å². The van der Waals surface area contributed by atoms with Crippen LogP contribution in [-0.2, 0) is 9.59 Å². The molecule has 0 aromatic heterocycles. The molecule has 7 nitrogen and oxygen atoms in total. The van der Waals surface area contributed by atoms with Crippen LogP contribution in [-0.4, -0.2) is 75.5 Å². The number of hydrogen-bond donors (Lipinski definition) is 2. The van der Waals surface area contributed by atoms with Crippen LogP contribution in [0.2, 0.25) is 0 Å². The lowest BCUT2D eigenvalue weighted by molar-refractivity contribution is -0.136. The highest BCUT2D eigenvalue weighted by atomic mass is 16.2. The molecule has 2 aromatic rings. The number of nitrogens with one attached hydrogen (secondary N) is 2. The van der Waals surface area contributed by atoms with Gasteiger partial charge in [0.1, 0.15) is 0 Å². The minimum atomic E-state index is -0.642. The Hall–Kier alpha value is -2.90. The Labute approximate surface area is 191 Å². The minimum Gasteiger partial charge on any atom is -0.378 e. The zero-order valence-electron chi connectivity index (χ0n) is 19.8. The predicted molar refractivity (Wildman–Crippen MR) is 130 cm³/mol. The molecule has 1 atom stereocenters. The van der Waals surface area contributed by atoms with E-state index >= 15 is 0 Å². The Kier molecular flexibility index (Phi) is 7.88. The van der Waals surface area contributed by atoms with Crippen LogP contribution in [0.15, 0.2) is 42.5 Å². The number of carbonyl (C=O) groups is 2. The van der Waals surface area contributed by atoms with Crippen molar-refractivity contribution in [1.82, 2.24) is 15.1 Å². The maximum absolute atomic E-state index is 12.6. The van der Waals surface area contributed by atoms with Crippen molar-refractivity contribution in [2.45, 2.75) is 19.9 Å². The fourth-order valence-corrected chi connectivity index (χ4v) is 3.99. The van der Waals surface area contributed by atoms with Crippen LogP contribution in [0.3, 0.4) is 0 Å². The Morgan fingerprint density at radius 1 is 0.969 bits per heavy atom. The van der Waals surface area contributed by atoms with E-state index in [2.05, 4.69) is 56.6 Å². The lowest BCUT2D eigenvalue weighted by Gasteiger charge is -2.38. The molecule has 2 amide bonds. The third-order valence-corrected chi connectivity index (χ3v) is 6.07. The molecule has 1 aliphatic heterocycles. The number of aryl methyl sites for hydroxylation is 2. The first-order valence-corrected chi connectivity index (χ1v) is 11.1. The first-order valence-electron chi connectivity index (χ1n) is 11.1. The van der Waals surface area contributed by atoms with Crippen LogP contribution < -0.4 is 15.5 Å². The summed E-state index contributed by atoms with van der Waals surface area (Å²) in [7, 11) is 6.15. The maximum Gasteiger partial charge on any atom is 0.313 e. The molecule has 0 radical (unpaired) electrons. The van der Waals surface area contributed by atoms with E-state index in [1.54, 1.807) is 0 Å². The van der Waals surface area contributed by atoms with E-state index in [0.717, 1.165) is 48.6 Å². The fraction of sp³-hybridized carbons (Fsp3) is 0.440. The monoisotopic (exact) mass is 437 g/mol. The van der Waals surface area contributed by atoms with Gasteiger partial charge in [-0.1, -0.05) is 29.8 Å². The fourth-order valence-electron chi connectivity index (χ4n) is 3.99. The van der Waals surface area contributed by atoms with Crippen LogP contribution in [0.1, 0.15) is 22.7 Å². The number of hydrogen-bond acceptors (Lipinski definition) is 5. The number of likely N-dealkylation sites (N-methyl/N-ethyl adjacent to an activating group) is 1. The van der Waals surface area contributed by atoms with Gasteiger partial charge in [-0.2, -0.15) is 0 Å². The summed E-state index contributed by atoms with van der Waals surface area (Å²) >= 11 is 0. The van der Waals surface area contributed by atoms with Crippen molar-refractivity contribution in [2.75, 3.05) is 64.1 Å². The van der Waals surface area contributed by atoms with Crippen LogP contribution >= 0.6 is 0 Å². The number of nitrogens with zero attached hydrogens (tertiary/aromatic N) is 3. The molecule has 1 heterocycles. The lowest BCUT2D eigenvalue weighted by Crippen LogP contribution is -2.49. The molecule has 0 bridgehead atoms. The molecule has 1 saturated heterocycles. The quantitative estimate of drug-likeness (QED) is 0.680. The van der Waals surface area contributed by atoms with Crippen molar-refractivity contribution >= 4 is 23.2 Å². The summed E-state index contributed by atoms with van der Waals surface area (Å²) in [5.41, 5.74) is 4.96. The molecule has 0 aliphatic carbocycles. The van der Waals surface area contributed by atoms with Gasteiger partial charge in [0.25, 0.3) is 0 Å². The Balaban J connectivity index is 1.68. The molecule has 1 unspecified atom stereocenters. The summed E-state index contributed by atoms with van der Waals surface area (Å²) in [6, 6.07) is 14.1. The summed E-state index contributed by atoms with van der Waals surface area (Å²) in [5, 5.41) is 5.59. The van der Waals surface area contributed by atoms with E-state index in [1.807, 2.05) is 46.1 Å². The van der Waals surface area contributed by atoms with Gasteiger partial charge in [-0.15, -0.1) is 0 Å². The molecule has 32 heavy (non-hydrogen) atoms. The highest BCUT2D eigenvalue weighted by Crippen LogP contribution is 2.24. The highest BCUT2D eigenvalue weighted by Gasteiger charge is 2.25. The number of benzene rings is 2. The van der Waals surface area contributed by atoms with Gasteiger partial charge in [-0.3, -0.25) is 14.5 Å². The van der Waals surface area contributed by atoms with Gasteiger partial charge in [0.15, 0.2) is 0 Å². The van der Waals surface area contributed by atoms with Crippen molar-refractivity contribution in [3.63, 3.8) is 0 Å². The molecule has 2 aromatic carbocycles. The zero-order chi connectivity index (χ0) is 23.3. The highest BCUT2D eigenvalue weighted by molar-refractivity contribution is 6.39. The van der Waals surface area contributed by atoms with E-state index in [1.165, 1.54) is 0 Å². The molecule has 1 aliphatic rings. The van der Waals surface area contributed by atoms with Gasteiger partial charge < -0.3 is 20.4 Å². The summed E-state index contributed by atoms with van der Waals surface area (Å²) in [6.07, 6.45) is 0. The Bertz CT molecular complexity index is 934. The molecule has 0 saturated carbocycles. The van der Waals surface area contributed by atoms with Crippen LogP contribution in [0.5, 0.6) is 0 Å². The number of anilines is 2. The molecule has 0 spiro atoms. The van der Waals surface area contributed by atoms with Crippen LogP contribution in [0.25, 0.3) is 0 Å². The zero-order valence-corrected chi connectivity index (χ0v) is 19.8. The standard InChI is InChI=1S/C25H35N5O2/c1-18-6-11-22(19(2)16-18)27-25(32)24(31)26-17-23(30-14-12-29(5)13-15-30)20-7-9-21(10-8-20)28(3)4/h6-11,16,23H,12-15,17H2,1-5H3,(H,26,31)(H,27,32). The molecule has 172 valence electrons. The third-order valence-electron chi connectivity index (χ3n) is 6.07. The first-order chi connectivity index (χ1) is 15.2. The Morgan fingerprint density at radius 3 is 2.22 bits per heavy atom. The summed E-state index contributed by atoms with van der Waals surface area (Å²) in [5.74, 6) is -1.26. The first kappa shape index (κ1) is 23.8. The molecule has 2 N–H and O–H groups in total. The number of rotatable bonds is 6. The lowest BCUT2D eigenvalue weighted by atomic mass is 10.0.